The SMILES string of the molecule is Cc1ccc(S(=O)(=O)N[C@@H](C(=O)N/N=C\c2ccc(OCC(=O)Nc3ccc(Br)cc3)cc2)C(C)C)cc1. The second-order valence-corrected chi connectivity index (χ2v) is 11.4. The maximum absolute atomic E-state index is 12.7. The minimum Gasteiger partial charge on any atom is -0.484 e. The molecule has 0 saturated carbocycles. The molecule has 0 unspecified atom stereocenters. The topological polar surface area (TPSA) is 126 Å². The lowest BCUT2D eigenvalue weighted by atomic mass is 10.1. The van der Waals surface area contributed by atoms with Gasteiger partial charge < -0.3 is 10.1 Å². The molecule has 2 amide bonds. The molecule has 0 bridgehead atoms. The number of carbonyl (C=O) groups excluding carboxylic acids is 2. The van der Waals surface area contributed by atoms with E-state index in [4.69, 9.17) is 4.74 Å². The number of nitrogens with one attached hydrogen (secondary N) is 3. The Bertz CT molecular complexity index is 1370. The smallest absolute Gasteiger partial charge is 0.262 e. The molecule has 3 aromatic rings. The van der Waals surface area contributed by atoms with Crippen molar-refractivity contribution in [3.05, 3.63) is 88.4 Å². The Labute approximate surface area is 230 Å². The number of anilines is 1. The van der Waals surface area contributed by atoms with E-state index in [1.807, 2.05) is 19.1 Å². The first-order valence-electron chi connectivity index (χ1n) is 11.7. The maximum Gasteiger partial charge on any atom is 0.262 e. The zero-order valence-corrected chi connectivity index (χ0v) is 23.5. The lowest BCUT2D eigenvalue weighted by Gasteiger charge is -2.20. The Morgan fingerprint density at radius 3 is 2.21 bits per heavy atom. The molecule has 0 radical (unpaired) electrons. The summed E-state index contributed by atoms with van der Waals surface area (Å²) in [4.78, 5) is 24.8. The van der Waals surface area contributed by atoms with Crippen LogP contribution in [0, 0.1) is 12.8 Å². The van der Waals surface area contributed by atoms with Gasteiger partial charge >= 0.3 is 0 Å². The van der Waals surface area contributed by atoms with Crippen LogP contribution in [0.25, 0.3) is 0 Å². The van der Waals surface area contributed by atoms with E-state index in [9.17, 15) is 18.0 Å². The quantitative estimate of drug-likeness (QED) is 0.224. The van der Waals surface area contributed by atoms with Crippen molar-refractivity contribution in [2.24, 2.45) is 11.0 Å². The molecule has 0 aliphatic rings. The van der Waals surface area contributed by atoms with E-state index in [-0.39, 0.29) is 23.3 Å². The van der Waals surface area contributed by atoms with Crippen molar-refractivity contribution in [1.82, 2.24) is 10.1 Å². The van der Waals surface area contributed by atoms with Crippen LogP contribution in [0.1, 0.15) is 25.0 Å². The van der Waals surface area contributed by atoms with Gasteiger partial charge in [-0.15, -0.1) is 0 Å². The number of hydrogen-bond donors (Lipinski definition) is 3. The molecule has 11 heteroatoms. The molecule has 0 spiro atoms. The van der Waals surface area contributed by atoms with Crippen LogP contribution in [0.4, 0.5) is 5.69 Å². The summed E-state index contributed by atoms with van der Waals surface area (Å²) in [6, 6.07) is 19.3. The summed E-state index contributed by atoms with van der Waals surface area (Å²) < 4.78 is 34.3. The van der Waals surface area contributed by atoms with Crippen LogP contribution in [0.5, 0.6) is 5.75 Å². The molecular weight excluding hydrogens is 572 g/mol. The normalized spacial score (nSPS) is 12.3. The summed E-state index contributed by atoms with van der Waals surface area (Å²) in [5.74, 6) is -0.701. The highest BCUT2D eigenvalue weighted by molar-refractivity contribution is 9.10. The highest BCUT2D eigenvalue weighted by Crippen LogP contribution is 2.15. The fourth-order valence-corrected chi connectivity index (χ4v) is 4.82. The number of nitrogens with zero attached hydrogens (tertiary/aromatic N) is 1. The molecule has 0 aromatic heterocycles. The van der Waals surface area contributed by atoms with Gasteiger partial charge in [-0.3, -0.25) is 9.59 Å². The molecular formula is C27H29BrN4O5S. The standard InChI is InChI=1S/C27H29BrN4O5S/c1-18(2)26(32-38(35,36)24-14-4-19(3)5-15-24)27(34)31-29-16-20-6-12-23(13-7-20)37-17-25(33)30-22-10-8-21(28)9-11-22/h4-16,18,26,32H,17H2,1-3H3,(H,30,33)(H,31,34)/b29-16-/t26-/m1/s1. The molecule has 3 N–H and O–H groups in total. The van der Waals surface area contributed by atoms with Gasteiger partial charge in [-0.2, -0.15) is 9.82 Å². The highest BCUT2D eigenvalue weighted by atomic mass is 79.9. The van der Waals surface area contributed by atoms with E-state index in [0.29, 0.717) is 17.0 Å². The average molecular weight is 602 g/mol. The van der Waals surface area contributed by atoms with Gasteiger partial charge in [0.15, 0.2) is 6.61 Å². The van der Waals surface area contributed by atoms with Gasteiger partial charge in [0.1, 0.15) is 11.8 Å². The number of sulfonamides is 1. The minimum absolute atomic E-state index is 0.0816. The van der Waals surface area contributed by atoms with Crippen LogP contribution in [0.2, 0.25) is 0 Å². The van der Waals surface area contributed by atoms with Gasteiger partial charge in [0, 0.05) is 10.2 Å². The largest absolute Gasteiger partial charge is 0.484 e. The molecule has 0 aliphatic heterocycles. The predicted octanol–water partition coefficient (Wildman–Crippen LogP) is 4.23. The van der Waals surface area contributed by atoms with E-state index < -0.39 is 22.0 Å². The van der Waals surface area contributed by atoms with Crippen LogP contribution in [0.3, 0.4) is 0 Å². The number of benzene rings is 3. The molecule has 38 heavy (non-hydrogen) atoms. The summed E-state index contributed by atoms with van der Waals surface area (Å²) in [6.07, 6.45) is 1.42. The van der Waals surface area contributed by atoms with Crippen molar-refractivity contribution in [2.75, 3.05) is 11.9 Å². The van der Waals surface area contributed by atoms with Crippen molar-refractivity contribution in [3.8, 4) is 5.75 Å². The van der Waals surface area contributed by atoms with Crippen LogP contribution in [0.15, 0.2) is 87.3 Å². The minimum atomic E-state index is -3.89. The average Bonchev–Trinajstić information content (AvgIpc) is 2.88. The lowest BCUT2D eigenvalue weighted by Crippen LogP contribution is -2.48. The molecule has 0 aliphatic carbocycles. The molecule has 3 aromatic carbocycles. The van der Waals surface area contributed by atoms with Crippen molar-refractivity contribution in [1.29, 1.82) is 0 Å². The van der Waals surface area contributed by atoms with Crippen molar-refractivity contribution in [3.63, 3.8) is 0 Å². The number of hydrazone groups is 1. The zero-order chi connectivity index (χ0) is 27.7. The van der Waals surface area contributed by atoms with Gasteiger partial charge in [-0.25, -0.2) is 13.8 Å². The third-order valence-corrected chi connectivity index (χ3v) is 7.31. The van der Waals surface area contributed by atoms with Gasteiger partial charge in [-0.1, -0.05) is 47.5 Å². The van der Waals surface area contributed by atoms with E-state index >= 15 is 0 Å². The molecule has 3 rings (SSSR count). The van der Waals surface area contributed by atoms with Crippen LogP contribution < -0.4 is 20.2 Å². The Morgan fingerprint density at radius 1 is 0.974 bits per heavy atom. The van der Waals surface area contributed by atoms with Gasteiger partial charge in [0.05, 0.1) is 11.1 Å². The number of carbonyl (C=O) groups is 2. The third-order valence-electron chi connectivity index (χ3n) is 5.33. The Hall–Kier alpha value is -3.54. The number of halogens is 1. The van der Waals surface area contributed by atoms with Crippen LogP contribution >= 0.6 is 15.9 Å². The maximum atomic E-state index is 12.7. The molecule has 1 atom stereocenters. The third kappa shape index (κ3) is 8.79. The first-order chi connectivity index (χ1) is 18.0. The molecule has 0 heterocycles. The lowest BCUT2D eigenvalue weighted by molar-refractivity contribution is -0.123. The second-order valence-electron chi connectivity index (χ2n) is 8.80. The first kappa shape index (κ1) is 29.0. The molecule has 0 saturated heterocycles. The summed E-state index contributed by atoms with van der Waals surface area (Å²) >= 11 is 3.34. The highest BCUT2D eigenvalue weighted by Gasteiger charge is 2.28. The van der Waals surface area contributed by atoms with E-state index in [1.165, 1.54) is 18.3 Å². The number of ether oxygens (including phenoxy) is 1. The monoisotopic (exact) mass is 600 g/mol. The molecule has 200 valence electrons. The number of rotatable bonds is 11. The first-order valence-corrected chi connectivity index (χ1v) is 14.0. The van der Waals surface area contributed by atoms with Crippen LogP contribution in [-0.4, -0.2) is 39.1 Å². The Balaban J connectivity index is 1.51. The summed E-state index contributed by atoms with van der Waals surface area (Å²) in [6.45, 7) is 5.18. The fourth-order valence-electron chi connectivity index (χ4n) is 3.21. The second kappa shape index (κ2) is 13.3. The zero-order valence-electron chi connectivity index (χ0n) is 21.1. The van der Waals surface area contributed by atoms with E-state index in [2.05, 4.69) is 36.5 Å². The van der Waals surface area contributed by atoms with Crippen LogP contribution in [-0.2, 0) is 19.6 Å². The molecule has 0 fully saturated rings. The summed E-state index contributed by atoms with van der Waals surface area (Å²) in [5.41, 5.74) is 4.65. The van der Waals surface area contributed by atoms with Crippen molar-refractivity contribution >= 4 is 49.7 Å². The molecule has 9 nitrogen and oxygen atoms in total. The van der Waals surface area contributed by atoms with Crippen molar-refractivity contribution < 1.29 is 22.7 Å². The Morgan fingerprint density at radius 2 is 1.61 bits per heavy atom. The fraction of sp³-hybridized carbons (Fsp3) is 0.222. The summed E-state index contributed by atoms with van der Waals surface area (Å²) in [7, 11) is -3.89. The van der Waals surface area contributed by atoms with Gasteiger partial charge in [0.2, 0.25) is 10.0 Å². The van der Waals surface area contributed by atoms with Gasteiger partial charge in [-0.05, 0) is 79.1 Å². The Kier molecular flexibility index (Phi) is 10.2. The van der Waals surface area contributed by atoms with Gasteiger partial charge in [0.25, 0.3) is 11.8 Å². The summed E-state index contributed by atoms with van der Waals surface area (Å²) in [5, 5.41) is 6.69. The van der Waals surface area contributed by atoms with E-state index in [1.54, 1.807) is 62.4 Å². The number of aryl methyl sites for hydroxylation is 1. The van der Waals surface area contributed by atoms with Crippen molar-refractivity contribution in [2.45, 2.75) is 31.7 Å². The van der Waals surface area contributed by atoms with E-state index in [0.717, 1.165) is 10.0 Å². The number of amides is 2. The predicted molar refractivity (Wildman–Crippen MR) is 151 cm³/mol. The number of hydrogen-bond acceptors (Lipinski definition) is 6.